The van der Waals surface area contributed by atoms with Crippen LogP contribution in [0.25, 0.3) is 22.4 Å². The number of fused-ring (bicyclic) bond motifs is 1. The molecule has 1 aliphatic heterocycles. The first kappa shape index (κ1) is 16.0. The molecule has 0 saturated carbocycles. The van der Waals surface area contributed by atoms with Gasteiger partial charge >= 0.3 is 0 Å². The molecular formula is C19H22FN5. The fraction of sp³-hybridized carbons (Fsp3) is 0.421. The monoisotopic (exact) mass is 339 g/mol. The molecule has 0 spiro atoms. The van der Waals surface area contributed by atoms with E-state index in [1.165, 1.54) is 18.9 Å². The first-order chi connectivity index (χ1) is 12.2. The molecule has 0 unspecified atom stereocenters. The highest BCUT2D eigenvalue weighted by molar-refractivity contribution is 5.89. The smallest absolute Gasteiger partial charge is 0.155 e. The van der Waals surface area contributed by atoms with E-state index >= 15 is 0 Å². The van der Waals surface area contributed by atoms with Crippen molar-refractivity contribution >= 4 is 16.9 Å². The standard InChI is InChI=1S/C19H22FN5/c1-3-5-13-11-25(10-12(13)2)16-8-7-15(20)18(22-16)17-14-6-4-9-21-19(14)24-23-17/h4,6-9,12-13H,3,5,10-11H2,1-2H3,(H,21,23,24)/t12-,13-/m1/s1. The molecule has 4 rings (SSSR count). The first-order valence-electron chi connectivity index (χ1n) is 8.88. The Kier molecular flexibility index (Phi) is 4.11. The van der Waals surface area contributed by atoms with Gasteiger partial charge in [0.15, 0.2) is 11.5 Å². The van der Waals surface area contributed by atoms with Crippen molar-refractivity contribution in [3.05, 3.63) is 36.3 Å². The fourth-order valence-electron chi connectivity index (χ4n) is 3.78. The SMILES string of the molecule is CCC[C@@H]1CN(c2ccc(F)c(-c3n[nH]c4ncccc34)n2)C[C@H]1C. The molecule has 4 heterocycles. The molecule has 25 heavy (non-hydrogen) atoms. The van der Waals surface area contributed by atoms with E-state index in [0.717, 1.165) is 24.3 Å². The maximum Gasteiger partial charge on any atom is 0.155 e. The summed E-state index contributed by atoms with van der Waals surface area (Å²) >= 11 is 0. The Hall–Kier alpha value is -2.50. The van der Waals surface area contributed by atoms with Crippen LogP contribution >= 0.6 is 0 Å². The van der Waals surface area contributed by atoms with Gasteiger partial charge in [-0.15, -0.1) is 0 Å². The minimum absolute atomic E-state index is 0.281. The third kappa shape index (κ3) is 2.86. The molecule has 6 heteroatoms. The number of aromatic nitrogens is 4. The molecule has 5 nitrogen and oxygen atoms in total. The summed E-state index contributed by atoms with van der Waals surface area (Å²) in [7, 11) is 0. The zero-order valence-corrected chi connectivity index (χ0v) is 14.5. The maximum atomic E-state index is 14.5. The molecule has 130 valence electrons. The lowest BCUT2D eigenvalue weighted by atomic mass is 9.94. The lowest BCUT2D eigenvalue weighted by Crippen LogP contribution is -2.21. The number of H-pyrrole nitrogens is 1. The molecule has 3 aromatic rings. The van der Waals surface area contributed by atoms with Crippen LogP contribution in [0, 0.1) is 17.7 Å². The highest BCUT2D eigenvalue weighted by atomic mass is 19.1. The van der Waals surface area contributed by atoms with Gasteiger partial charge in [-0.05, 0) is 42.5 Å². The van der Waals surface area contributed by atoms with Gasteiger partial charge in [-0.25, -0.2) is 14.4 Å². The highest BCUT2D eigenvalue weighted by Crippen LogP contribution is 2.32. The Morgan fingerprint density at radius 1 is 1.24 bits per heavy atom. The average Bonchev–Trinajstić information content (AvgIpc) is 3.20. The summed E-state index contributed by atoms with van der Waals surface area (Å²) in [4.78, 5) is 11.1. The molecular weight excluding hydrogens is 317 g/mol. The molecule has 0 aliphatic carbocycles. The second kappa shape index (κ2) is 6.43. The van der Waals surface area contributed by atoms with Crippen LogP contribution in [0.15, 0.2) is 30.5 Å². The van der Waals surface area contributed by atoms with E-state index in [4.69, 9.17) is 0 Å². The van der Waals surface area contributed by atoms with Crippen molar-refractivity contribution in [1.82, 2.24) is 20.2 Å². The Labute approximate surface area is 146 Å². The minimum atomic E-state index is -0.363. The molecule has 0 aromatic carbocycles. The van der Waals surface area contributed by atoms with Gasteiger partial charge in [-0.1, -0.05) is 20.3 Å². The molecule has 0 radical (unpaired) electrons. The van der Waals surface area contributed by atoms with Crippen molar-refractivity contribution < 1.29 is 4.39 Å². The van der Waals surface area contributed by atoms with Crippen LogP contribution in [0.5, 0.6) is 0 Å². The minimum Gasteiger partial charge on any atom is -0.356 e. The quantitative estimate of drug-likeness (QED) is 0.779. The van der Waals surface area contributed by atoms with E-state index in [2.05, 4.69) is 38.9 Å². The number of hydrogen-bond donors (Lipinski definition) is 1. The van der Waals surface area contributed by atoms with Crippen molar-refractivity contribution in [2.24, 2.45) is 11.8 Å². The number of aromatic amines is 1. The third-order valence-electron chi connectivity index (χ3n) is 5.14. The van der Waals surface area contributed by atoms with E-state index in [1.807, 2.05) is 12.1 Å². The molecule has 0 amide bonds. The van der Waals surface area contributed by atoms with Crippen molar-refractivity contribution in [1.29, 1.82) is 0 Å². The summed E-state index contributed by atoms with van der Waals surface area (Å²) < 4.78 is 14.5. The first-order valence-corrected chi connectivity index (χ1v) is 8.88. The summed E-state index contributed by atoms with van der Waals surface area (Å²) in [6.45, 7) is 6.46. The van der Waals surface area contributed by atoms with Crippen molar-refractivity contribution in [2.75, 3.05) is 18.0 Å². The van der Waals surface area contributed by atoms with Crippen molar-refractivity contribution in [2.45, 2.75) is 26.7 Å². The summed E-state index contributed by atoms with van der Waals surface area (Å²) in [5.74, 6) is 1.77. The van der Waals surface area contributed by atoms with Crippen molar-refractivity contribution in [3.63, 3.8) is 0 Å². The predicted octanol–water partition coefficient (Wildman–Crippen LogP) is 4.03. The number of rotatable bonds is 4. The fourth-order valence-corrected chi connectivity index (χ4v) is 3.78. The van der Waals surface area contributed by atoms with Gasteiger partial charge in [-0.3, -0.25) is 5.10 Å². The molecule has 1 fully saturated rings. The van der Waals surface area contributed by atoms with Gasteiger partial charge in [0.25, 0.3) is 0 Å². The summed E-state index contributed by atoms with van der Waals surface area (Å²) in [5.41, 5.74) is 1.44. The summed E-state index contributed by atoms with van der Waals surface area (Å²) in [6.07, 6.45) is 4.10. The second-order valence-corrected chi connectivity index (χ2v) is 6.90. The molecule has 2 atom stereocenters. The Bertz CT molecular complexity index is 890. The van der Waals surface area contributed by atoms with E-state index in [-0.39, 0.29) is 11.5 Å². The van der Waals surface area contributed by atoms with E-state index < -0.39 is 0 Å². The van der Waals surface area contributed by atoms with Gasteiger partial charge in [0, 0.05) is 24.7 Å². The number of hydrogen-bond acceptors (Lipinski definition) is 4. The van der Waals surface area contributed by atoms with Gasteiger partial charge < -0.3 is 4.90 Å². The molecule has 3 aromatic heterocycles. The summed E-state index contributed by atoms with van der Waals surface area (Å²) in [5, 5.41) is 7.88. The Balaban J connectivity index is 1.70. The number of halogens is 1. The zero-order valence-electron chi connectivity index (χ0n) is 14.5. The normalized spacial score (nSPS) is 20.5. The van der Waals surface area contributed by atoms with Crippen LogP contribution in [-0.2, 0) is 0 Å². The van der Waals surface area contributed by atoms with E-state index in [9.17, 15) is 4.39 Å². The average molecular weight is 339 g/mol. The van der Waals surface area contributed by atoms with E-state index in [1.54, 1.807) is 12.3 Å². The van der Waals surface area contributed by atoms with E-state index in [0.29, 0.717) is 23.2 Å². The van der Waals surface area contributed by atoms with Crippen LogP contribution in [0.3, 0.4) is 0 Å². The van der Waals surface area contributed by atoms with Gasteiger partial charge in [0.2, 0.25) is 0 Å². The van der Waals surface area contributed by atoms with Crippen LogP contribution in [0.2, 0.25) is 0 Å². The number of anilines is 1. The molecule has 0 bridgehead atoms. The van der Waals surface area contributed by atoms with Crippen molar-refractivity contribution in [3.8, 4) is 11.4 Å². The predicted molar refractivity (Wildman–Crippen MR) is 96.9 cm³/mol. The molecule has 1 N–H and O–H groups in total. The van der Waals surface area contributed by atoms with Gasteiger partial charge in [-0.2, -0.15) is 5.10 Å². The number of pyridine rings is 2. The molecule has 1 saturated heterocycles. The third-order valence-corrected chi connectivity index (χ3v) is 5.14. The molecule has 1 aliphatic rings. The van der Waals surface area contributed by atoms with Gasteiger partial charge in [0.1, 0.15) is 17.2 Å². The van der Waals surface area contributed by atoms with Crippen LogP contribution in [0.4, 0.5) is 10.2 Å². The van der Waals surface area contributed by atoms with Crippen LogP contribution < -0.4 is 4.90 Å². The summed E-state index contributed by atoms with van der Waals surface area (Å²) in [6, 6.07) is 6.96. The topological polar surface area (TPSA) is 57.7 Å². The lowest BCUT2D eigenvalue weighted by Gasteiger charge is -2.18. The second-order valence-electron chi connectivity index (χ2n) is 6.90. The maximum absolute atomic E-state index is 14.5. The lowest BCUT2D eigenvalue weighted by molar-refractivity contribution is 0.418. The van der Waals surface area contributed by atoms with Gasteiger partial charge in [0.05, 0.1) is 0 Å². The number of nitrogens with one attached hydrogen (secondary N) is 1. The Morgan fingerprint density at radius 3 is 2.96 bits per heavy atom. The van der Waals surface area contributed by atoms with Crippen LogP contribution in [0.1, 0.15) is 26.7 Å². The largest absolute Gasteiger partial charge is 0.356 e. The Morgan fingerprint density at radius 2 is 2.12 bits per heavy atom. The zero-order chi connectivity index (χ0) is 17.4. The highest BCUT2D eigenvalue weighted by Gasteiger charge is 2.30. The van der Waals surface area contributed by atoms with Crippen LogP contribution in [-0.4, -0.2) is 33.3 Å². The number of nitrogens with zero attached hydrogens (tertiary/aromatic N) is 4.